The fraction of sp³-hybridized carbons (Fsp3) is 0.200. The predicted octanol–water partition coefficient (Wildman–Crippen LogP) is 0.193. The first-order valence-electron chi connectivity index (χ1n) is 7.97. The molecule has 0 aliphatic carbocycles. The normalized spacial score (nSPS) is 22.5. The molecule has 0 spiro atoms. The number of fused-ring (bicyclic) bond motifs is 7. The average Bonchev–Trinajstić information content (AvgIpc) is 2.83. The van der Waals surface area contributed by atoms with Crippen molar-refractivity contribution >= 4 is 11.9 Å². The second-order valence-electron chi connectivity index (χ2n) is 6.24. The first-order valence-corrected chi connectivity index (χ1v) is 7.97. The van der Waals surface area contributed by atoms with E-state index >= 15 is 0 Å². The van der Waals surface area contributed by atoms with Crippen LogP contribution in [0.15, 0.2) is 60.7 Å². The fourth-order valence-corrected chi connectivity index (χ4v) is 3.69. The first-order chi connectivity index (χ1) is 11.9. The van der Waals surface area contributed by atoms with Crippen LogP contribution in [0.2, 0.25) is 0 Å². The van der Waals surface area contributed by atoms with Gasteiger partial charge in [0.1, 0.15) is 0 Å². The molecule has 0 radical (unpaired) electrons. The quantitative estimate of drug-likeness (QED) is 0.791. The van der Waals surface area contributed by atoms with Crippen molar-refractivity contribution in [3.8, 4) is 0 Å². The maximum Gasteiger partial charge on any atom is 0.0672 e. The van der Waals surface area contributed by atoms with Gasteiger partial charge in [-0.1, -0.05) is 48.5 Å². The Morgan fingerprint density at radius 3 is 2.20 bits per heavy atom. The average molecular weight is 335 g/mol. The Labute approximate surface area is 145 Å². The van der Waals surface area contributed by atoms with E-state index in [0.29, 0.717) is 18.2 Å². The Balaban J connectivity index is 0.000000197. The molecule has 5 nitrogen and oxygen atoms in total. The Morgan fingerprint density at radius 2 is 1.56 bits per heavy atom. The monoisotopic (exact) mass is 335 g/mol. The number of hydrogen-bond donors (Lipinski definition) is 1. The summed E-state index contributed by atoms with van der Waals surface area (Å²) in [4.78, 5) is 18.8. The molecular weight excluding hydrogens is 318 g/mol. The highest BCUT2D eigenvalue weighted by atomic mass is 16.4. The molecule has 2 aliphatic rings. The van der Waals surface area contributed by atoms with Crippen molar-refractivity contribution in [2.45, 2.75) is 24.9 Å². The molecule has 2 aromatic carbocycles. The van der Waals surface area contributed by atoms with Gasteiger partial charge in [-0.05, 0) is 47.8 Å². The minimum absolute atomic E-state index is 0.0100. The molecule has 25 heavy (non-hydrogen) atoms. The summed E-state index contributed by atoms with van der Waals surface area (Å²) >= 11 is 0. The molecule has 4 rings (SSSR count). The molecule has 0 aromatic heterocycles. The molecule has 2 aliphatic heterocycles. The summed E-state index contributed by atoms with van der Waals surface area (Å²) in [7, 11) is 0. The minimum Gasteiger partial charge on any atom is -0.545 e. The first kappa shape index (κ1) is 16.9. The van der Waals surface area contributed by atoms with Crippen LogP contribution in [0, 0.1) is 0 Å². The highest BCUT2D eigenvalue weighted by Crippen LogP contribution is 2.47. The zero-order chi connectivity index (χ0) is 18.0. The third kappa shape index (κ3) is 3.19. The van der Waals surface area contributed by atoms with E-state index in [0.717, 1.165) is 6.42 Å². The number of carboxylic acids is 2. The van der Waals surface area contributed by atoms with E-state index < -0.39 is 11.9 Å². The summed E-state index contributed by atoms with van der Waals surface area (Å²) in [5, 5.41) is 22.6. The summed E-state index contributed by atoms with van der Waals surface area (Å²) in [6.07, 6.45) is 1.88. The number of aliphatic carboxylic acids is 2. The number of nitrogens with one attached hydrogen (secondary N) is 1. The number of rotatable bonds is 2. The number of benzene rings is 2. The fourth-order valence-electron chi connectivity index (χ4n) is 3.69. The molecule has 0 unspecified atom stereocenters. The predicted molar refractivity (Wildman–Crippen MR) is 88.1 cm³/mol. The van der Waals surface area contributed by atoms with Crippen LogP contribution in [-0.4, -0.2) is 11.9 Å². The van der Waals surface area contributed by atoms with Gasteiger partial charge < -0.3 is 19.8 Å². The van der Waals surface area contributed by atoms with E-state index in [1.54, 1.807) is 0 Å². The molecule has 1 N–H and O–H groups in total. The second-order valence-corrected chi connectivity index (χ2v) is 6.24. The Morgan fingerprint density at radius 1 is 1.00 bits per heavy atom. The molecule has 0 fully saturated rings. The van der Waals surface area contributed by atoms with Crippen molar-refractivity contribution in [1.82, 2.24) is 5.32 Å². The molecule has 128 valence electrons. The van der Waals surface area contributed by atoms with Gasteiger partial charge in [-0.2, -0.15) is 0 Å². The van der Waals surface area contributed by atoms with Gasteiger partial charge in [0, 0.05) is 6.04 Å². The van der Waals surface area contributed by atoms with Gasteiger partial charge in [0.15, 0.2) is 0 Å². The van der Waals surface area contributed by atoms with Gasteiger partial charge in [-0.3, -0.25) is 5.32 Å². The Kier molecular flexibility index (Phi) is 4.42. The molecule has 2 atom stereocenters. The van der Waals surface area contributed by atoms with Crippen LogP contribution in [0.25, 0.3) is 0 Å². The van der Waals surface area contributed by atoms with Crippen LogP contribution in [0.1, 0.15) is 35.2 Å². The van der Waals surface area contributed by atoms with Gasteiger partial charge in [-0.25, -0.2) is 0 Å². The molecule has 2 bridgehead atoms. The van der Waals surface area contributed by atoms with Gasteiger partial charge in [-0.15, -0.1) is 0 Å². The Hall–Kier alpha value is -2.92. The van der Waals surface area contributed by atoms with Gasteiger partial charge in [0.05, 0.1) is 17.5 Å². The lowest BCUT2D eigenvalue weighted by molar-refractivity contribution is -0.301. The molecule has 2 heterocycles. The van der Waals surface area contributed by atoms with E-state index in [1.165, 1.54) is 22.3 Å². The highest BCUT2D eigenvalue weighted by molar-refractivity contribution is 5.87. The molecular formula is C20H17NO4-2. The van der Waals surface area contributed by atoms with E-state index in [-0.39, 0.29) is 5.54 Å². The number of carbonyl (C=O) groups is 2. The van der Waals surface area contributed by atoms with Crippen LogP contribution in [0.3, 0.4) is 0 Å². The smallest absolute Gasteiger partial charge is 0.0672 e. The van der Waals surface area contributed by atoms with E-state index in [1.807, 2.05) is 0 Å². The summed E-state index contributed by atoms with van der Waals surface area (Å²) in [6, 6.07) is 18.2. The third-order valence-corrected chi connectivity index (χ3v) is 4.67. The topological polar surface area (TPSA) is 92.3 Å². The van der Waals surface area contributed by atoms with E-state index in [2.05, 4.69) is 60.8 Å². The third-order valence-electron chi connectivity index (χ3n) is 4.67. The molecule has 0 saturated carbocycles. The van der Waals surface area contributed by atoms with Crippen LogP contribution < -0.4 is 15.5 Å². The van der Waals surface area contributed by atoms with Gasteiger partial charge >= 0.3 is 0 Å². The summed E-state index contributed by atoms with van der Waals surface area (Å²) in [6.45, 7) is 2.31. The minimum atomic E-state index is -1.55. The lowest BCUT2D eigenvalue weighted by atomic mass is 9.82. The summed E-state index contributed by atoms with van der Waals surface area (Å²) in [5.41, 5.74) is 5.88. The SMILES string of the molecule is C[C@@]12N[C@@H](Cc3ccccc31)c1ccccc12.O=C([O-])/C=C\C(=O)[O-]. The van der Waals surface area contributed by atoms with Crippen molar-refractivity contribution in [3.63, 3.8) is 0 Å². The van der Waals surface area contributed by atoms with Crippen molar-refractivity contribution in [1.29, 1.82) is 0 Å². The number of carbonyl (C=O) groups excluding carboxylic acids is 2. The highest BCUT2D eigenvalue weighted by Gasteiger charge is 2.45. The van der Waals surface area contributed by atoms with E-state index in [4.69, 9.17) is 0 Å². The largest absolute Gasteiger partial charge is 0.545 e. The molecule has 2 aromatic rings. The van der Waals surface area contributed by atoms with Crippen LogP contribution >= 0.6 is 0 Å². The molecule has 0 amide bonds. The molecule has 5 heteroatoms. The lowest BCUT2D eigenvalue weighted by Crippen LogP contribution is -2.41. The second kappa shape index (κ2) is 6.53. The maximum absolute atomic E-state index is 9.41. The van der Waals surface area contributed by atoms with Crippen molar-refractivity contribution in [2.24, 2.45) is 0 Å². The Bertz CT molecular complexity index is 829. The molecule has 0 saturated heterocycles. The van der Waals surface area contributed by atoms with Crippen molar-refractivity contribution in [3.05, 3.63) is 82.9 Å². The van der Waals surface area contributed by atoms with Crippen LogP contribution in [0.4, 0.5) is 0 Å². The zero-order valence-electron chi connectivity index (χ0n) is 13.7. The zero-order valence-corrected chi connectivity index (χ0v) is 13.7. The van der Waals surface area contributed by atoms with Gasteiger partial charge in [0.2, 0.25) is 0 Å². The van der Waals surface area contributed by atoms with Gasteiger partial charge in [0.25, 0.3) is 0 Å². The summed E-state index contributed by atoms with van der Waals surface area (Å²) in [5.74, 6) is -3.09. The van der Waals surface area contributed by atoms with Crippen molar-refractivity contribution < 1.29 is 19.8 Å². The van der Waals surface area contributed by atoms with E-state index in [9.17, 15) is 19.8 Å². The number of carboxylic acid groups (broad SMARTS) is 2. The van der Waals surface area contributed by atoms with Crippen LogP contribution in [-0.2, 0) is 21.5 Å². The summed E-state index contributed by atoms with van der Waals surface area (Å²) < 4.78 is 0. The van der Waals surface area contributed by atoms with Crippen molar-refractivity contribution in [2.75, 3.05) is 0 Å². The standard InChI is InChI=1S/C16H15N.C4H4O4/c1-16-13-8-4-2-6-11(13)10-15(17-16)12-7-3-5-9-14(12)16;5-3(6)1-2-4(7)8/h2-9,15,17H,10H2,1H3;1-2H,(H,5,6)(H,7,8)/p-2/b;2-1-/t15-,16+;/m0./s1. The van der Waals surface area contributed by atoms with Crippen LogP contribution in [0.5, 0.6) is 0 Å². The maximum atomic E-state index is 9.41. The number of hydrogen-bond acceptors (Lipinski definition) is 5. The lowest BCUT2D eigenvalue weighted by Gasteiger charge is -2.34.